The normalized spacial score (nSPS) is 20.0. The first kappa shape index (κ1) is 16.5. The van der Waals surface area contributed by atoms with Gasteiger partial charge in [-0.05, 0) is 31.4 Å². The van der Waals surface area contributed by atoms with Gasteiger partial charge in [0.25, 0.3) is 0 Å². The molecule has 26 heavy (non-hydrogen) atoms. The van der Waals surface area contributed by atoms with E-state index in [1.165, 1.54) is 0 Å². The molecule has 2 atom stereocenters. The minimum Gasteiger partial charge on any atom is -0.480 e. The lowest BCUT2D eigenvalue weighted by Gasteiger charge is -2.25. The Bertz CT molecular complexity index is 984. The van der Waals surface area contributed by atoms with E-state index in [-0.39, 0.29) is 0 Å². The fourth-order valence-corrected chi connectivity index (χ4v) is 3.59. The third-order valence-corrected chi connectivity index (χ3v) is 5.17. The summed E-state index contributed by atoms with van der Waals surface area (Å²) in [6.07, 6.45) is 4.76. The van der Waals surface area contributed by atoms with Crippen molar-refractivity contribution in [2.75, 3.05) is 11.4 Å². The highest BCUT2D eigenvalue weighted by Crippen LogP contribution is 2.32. The molecule has 1 fully saturated rings. The van der Waals surface area contributed by atoms with E-state index in [4.69, 9.17) is 4.98 Å². The Labute approximate surface area is 150 Å². The fourth-order valence-electron chi connectivity index (χ4n) is 3.59. The van der Waals surface area contributed by atoms with Crippen molar-refractivity contribution in [2.45, 2.75) is 32.4 Å². The van der Waals surface area contributed by atoms with Crippen LogP contribution in [0.4, 0.5) is 5.82 Å². The van der Waals surface area contributed by atoms with Crippen molar-refractivity contribution in [3.05, 3.63) is 48.0 Å². The number of hydrogen-bond donors (Lipinski definition) is 2. The molecule has 3 aromatic rings. The zero-order valence-electron chi connectivity index (χ0n) is 14.6. The Morgan fingerprint density at radius 1 is 1.31 bits per heavy atom. The number of pyridine rings is 1. The molecule has 0 radical (unpaired) electrons. The highest BCUT2D eigenvalue weighted by molar-refractivity contribution is 5.92. The van der Waals surface area contributed by atoms with Gasteiger partial charge in [0.05, 0.1) is 23.6 Å². The molecule has 134 valence electrons. The second-order valence-corrected chi connectivity index (χ2v) is 6.71. The number of aliphatic hydroxyl groups excluding tert-OH is 1. The van der Waals surface area contributed by atoms with Crippen molar-refractivity contribution in [1.82, 2.24) is 14.5 Å². The number of imidazole rings is 1. The summed E-state index contributed by atoms with van der Waals surface area (Å²) < 4.78 is 1.89. The van der Waals surface area contributed by atoms with Crippen molar-refractivity contribution in [3.63, 3.8) is 0 Å². The summed E-state index contributed by atoms with van der Waals surface area (Å²) in [6, 6.07) is 4.96. The van der Waals surface area contributed by atoms with Crippen LogP contribution in [0, 0.1) is 13.8 Å². The van der Waals surface area contributed by atoms with Gasteiger partial charge in [-0.1, -0.05) is 12.1 Å². The molecule has 7 heteroatoms. The lowest BCUT2D eigenvalue weighted by molar-refractivity contribution is -0.140. The molecule has 3 heterocycles. The Hall–Kier alpha value is -2.93. The first-order valence-corrected chi connectivity index (χ1v) is 8.54. The van der Waals surface area contributed by atoms with Crippen molar-refractivity contribution >= 4 is 22.7 Å². The van der Waals surface area contributed by atoms with Gasteiger partial charge in [0, 0.05) is 30.4 Å². The predicted molar refractivity (Wildman–Crippen MR) is 97.7 cm³/mol. The molecule has 1 saturated heterocycles. The van der Waals surface area contributed by atoms with Gasteiger partial charge < -0.3 is 19.7 Å². The van der Waals surface area contributed by atoms with Crippen LogP contribution in [0.3, 0.4) is 0 Å². The molecule has 2 N–H and O–H groups in total. The van der Waals surface area contributed by atoms with Crippen LogP contribution < -0.4 is 4.90 Å². The average Bonchev–Trinajstić information content (AvgIpc) is 3.27. The summed E-state index contributed by atoms with van der Waals surface area (Å²) in [6.45, 7) is 4.49. The molecule has 0 amide bonds. The van der Waals surface area contributed by atoms with Crippen LogP contribution in [-0.4, -0.2) is 49.4 Å². The van der Waals surface area contributed by atoms with Crippen molar-refractivity contribution < 1.29 is 15.0 Å². The second-order valence-electron chi connectivity index (χ2n) is 6.71. The van der Waals surface area contributed by atoms with Gasteiger partial charge in [0.15, 0.2) is 6.04 Å². The van der Waals surface area contributed by atoms with Gasteiger partial charge in [-0.3, -0.25) is 0 Å². The lowest BCUT2D eigenvalue weighted by atomic mass is 10.0. The smallest absolute Gasteiger partial charge is 0.329 e. The number of carboxylic acid groups (broad SMARTS) is 1. The number of carbonyl (C=O) groups is 1. The van der Waals surface area contributed by atoms with E-state index >= 15 is 0 Å². The number of aromatic nitrogens is 3. The number of nitrogens with zero attached hydrogens (tertiary/aromatic N) is 4. The van der Waals surface area contributed by atoms with Crippen LogP contribution >= 0.6 is 0 Å². The molecule has 0 unspecified atom stereocenters. The largest absolute Gasteiger partial charge is 0.480 e. The van der Waals surface area contributed by atoms with E-state index in [1.54, 1.807) is 17.4 Å². The fraction of sp³-hybridized carbons (Fsp3) is 0.316. The van der Waals surface area contributed by atoms with E-state index in [0.717, 1.165) is 27.7 Å². The van der Waals surface area contributed by atoms with Crippen molar-refractivity contribution in [1.29, 1.82) is 0 Å². The number of rotatable bonds is 3. The van der Waals surface area contributed by atoms with E-state index < -0.39 is 18.1 Å². The molecule has 1 aliphatic rings. The molecule has 0 spiro atoms. The minimum atomic E-state index is -1.04. The molecule has 4 rings (SSSR count). The van der Waals surface area contributed by atoms with Crippen LogP contribution in [0.5, 0.6) is 0 Å². The van der Waals surface area contributed by atoms with Crippen LogP contribution in [0.2, 0.25) is 0 Å². The third-order valence-electron chi connectivity index (χ3n) is 5.17. The number of aliphatic carboxylic acids is 1. The number of fused-ring (bicyclic) bond motifs is 1. The van der Waals surface area contributed by atoms with Crippen LogP contribution in [-0.2, 0) is 4.79 Å². The summed E-state index contributed by atoms with van der Waals surface area (Å²) in [7, 11) is 0. The Balaban J connectivity index is 1.96. The SMILES string of the molecule is Cc1ccc2c(-n3ccnc3)cc(N3CC[C@H](O)[C@H]3C(=O)O)nc2c1C. The van der Waals surface area contributed by atoms with E-state index in [9.17, 15) is 15.0 Å². The standard InChI is InChI=1S/C19H20N4O3/c1-11-3-4-13-14(22-8-6-20-10-22)9-16(21-17(13)12(11)2)23-7-5-15(24)18(23)19(25)26/h3-4,6,8-10,15,18,24H,5,7H2,1-2H3,(H,25,26)/t15-,18-/m0/s1. The molecule has 1 aromatic carbocycles. The van der Waals surface area contributed by atoms with Gasteiger partial charge in [-0.2, -0.15) is 0 Å². The maximum absolute atomic E-state index is 11.6. The van der Waals surface area contributed by atoms with Crippen molar-refractivity contribution in [2.24, 2.45) is 0 Å². The molecule has 7 nitrogen and oxygen atoms in total. The maximum atomic E-state index is 11.6. The Kier molecular flexibility index (Phi) is 3.88. The van der Waals surface area contributed by atoms with Gasteiger partial charge in [-0.15, -0.1) is 0 Å². The highest BCUT2D eigenvalue weighted by Gasteiger charge is 2.39. The number of aliphatic hydroxyl groups is 1. The van der Waals surface area contributed by atoms with Gasteiger partial charge in [0.1, 0.15) is 5.82 Å². The third kappa shape index (κ3) is 2.52. The summed E-state index contributed by atoms with van der Waals surface area (Å²) >= 11 is 0. The molecule has 0 bridgehead atoms. The first-order valence-electron chi connectivity index (χ1n) is 8.54. The summed E-state index contributed by atoms with van der Waals surface area (Å²) in [5, 5.41) is 20.6. The Morgan fingerprint density at radius 3 is 2.81 bits per heavy atom. The molecular formula is C19H20N4O3. The summed E-state index contributed by atoms with van der Waals surface area (Å²) in [5.74, 6) is -0.485. The molecule has 0 saturated carbocycles. The minimum absolute atomic E-state index is 0.407. The van der Waals surface area contributed by atoms with E-state index in [1.807, 2.05) is 36.7 Å². The molecular weight excluding hydrogens is 332 g/mol. The topological polar surface area (TPSA) is 91.5 Å². The maximum Gasteiger partial charge on any atom is 0.329 e. The average molecular weight is 352 g/mol. The predicted octanol–water partition coefficient (Wildman–Crippen LogP) is 2.06. The second kappa shape index (κ2) is 6.10. The van der Waals surface area contributed by atoms with Crippen LogP contribution in [0.1, 0.15) is 17.5 Å². The highest BCUT2D eigenvalue weighted by atomic mass is 16.4. The molecule has 2 aromatic heterocycles. The van der Waals surface area contributed by atoms with Crippen LogP contribution in [0.25, 0.3) is 16.6 Å². The van der Waals surface area contributed by atoms with E-state index in [2.05, 4.69) is 11.1 Å². The summed E-state index contributed by atoms with van der Waals surface area (Å²) in [4.78, 5) is 22.2. The van der Waals surface area contributed by atoms with Gasteiger partial charge in [0.2, 0.25) is 0 Å². The molecule has 0 aliphatic carbocycles. The lowest BCUT2D eigenvalue weighted by Crippen LogP contribution is -2.42. The first-order chi connectivity index (χ1) is 12.5. The van der Waals surface area contributed by atoms with Gasteiger partial charge >= 0.3 is 5.97 Å². The number of carboxylic acids is 1. The van der Waals surface area contributed by atoms with Gasteiger partial charge in [-0.25, -0.2) is 14.8 Å². The monoisotopic (exact) mass is 352 g/mol. The number of anilines is 1. The zero-order valence-corrected chi connectivity index (χ0v) is 14.6. The summed E-state index contributed by atoms with van der Waals surface area (Å²) in [5.41, 5.74) is 3.89. The zero-order chi connectivity index (χ0) is 18.4. The van der Waals surface area contributed by atoms with Crippen molar-refractivity contribution in [3.8, 4) is 5.69 Å². The molecule has 1 aliphatic heterocycles. The number of aryl methyl sites for hydroxylation is 2. The quantitative estimate of drug-likeness (QED) is 0.750. The van der Waals surface area contributed by atoms with Crippen LogP contribution in [0.15, 0.2) is 36.9 Å². The number of hydrogen-bond acceptors (Lipinski definition) is 5. The number of benzene rings is 1. The Morgan fingerprint density at radius 2 is 2.12 bits per heavy atom. The van der Waals surface area contributed by atoms with E-state index in [0.29, 0.717) is 18.8 Å².